The summed E-state index contributed by atoms with van der Waals surface area (Å²) in [4.78, 5) is 32.2. The number of carbonyl (C=O) groups is 2. The maximum absolute atomic E-state index is 12.8. The van der Waals surface area contributed by atoms with Crippen molar-refractivity contribution >= 4 is 34.6 Å². The van der Waals surface area contributed by atoms with Gasteiger partial charge in [-0.2, -0.15) is 0 Å². The van der Waals surface area contributed by atoms with Crippen LogP contribution in [0.3, 0.4) is 0 Å². The number of thioether (sulfide) groups is 1. The lowest BCUT2D eigenvalue weighted by Crippen LogP contribution is -2.40. The number of imidazole rings is 1. The van der Waals surface area contributed by atoms with E-state index in [-0.39, 0.29) is 18.4 Å². The smallest absolute Gasteiger partial charge is 0.240 e. The second-order valence-corrected chi connectivity index (χ2v) is 9.69. The van der Waals surface area contributed by atoms with Crippen LogP contribution in [0.2, 0.25) is 0 Å². The molecule has 0 radical (unpaired) electrons. The second kappa shape index (κ2) is 9.86. The molecule has 1 atom stereocenters. The molecule has 30 heavy (non-hydrogen) atoms. The largest absolute Gasteiger partial charge is 0.352 e. The number of likely N-dealkylation sites (tertiary alicyclic amines) is 1. The number of aromatic nitrogens is 2. The minimum atomic E-state index is 0.0306. The Balaban J connectivity index is 1.44. The number of piperidine rings is 1. The van der Waals surface area contributed by atoms with Crippen molar-refractivity contribution in [3.63, 3.8) is 0 Å². The summed E-state index contributed by atoms with van der Waals surface area (Å²) in [6.45, 7) is 4.15. The topological polar surface area (TPSA) is 67.2 Å². The van der Waals surface area contributed by atoms with Crippen LogP contribution in [0.15, 0.2) is 29.4 Å². The highest BCUT2D eigenvalue weighted by Crippen LogP contribution is 2.25. The van der Waals surface area contributed by atoms with Crippen molar-refractivity contribution in [2.45, 2.75) is 69.6 Å². The minimum Gasteiger partial charge on any atom is -0.352 e. The first-order valence-corrected chi connectivity index (χ1v) is 12.2. The van der Waals surface area contributed by atoms with Crippen molar-refractivity contribution in [2.75, 3.05) is 18.8 Å². The third kappa shape index (κ3) is 5.17. The van der Waals surface area contributed by atoms with Crippen molar-refractivity contribution in [2.24, 2.45) is 5.92 Å². The average Bonchev–Trinajstić information content (AvgIpc) is 3.10. The lowest BCUT2D eigenvalue weighted by Gasteiger charge is -2.30. The molecule has 1 saturated heterocycles. The van der Waals surface area contributed by atoms with Gasteiger partial charge in [0.25, 0.3) is 0 Å². The Morgan fingerprint density at radius 1 is 1.13 bits per heavy atom. The summed E-state index contributed by atoms with van der Waals surface area (Å²) < 4.78 is 1.96. The lowest BCUT2D eigenvalue weighted by molar-refractivity contribution is -0.130. The number of nitrogens with zero attached hydrogens (tertiary/aromatic N) is 3. The summed E-state index contributed by atoms with van der Waals surface area (Å²) in [5.74, 6) is 1.13. The molecule has 162 valence electrons. The van der Waals surface area contributed by atoms with Gasteiger partial charge in [0.05, 0.1) is 16.8 Å². The maximum atomic E-state index is 12.8. The van der Waals surface area contributed by atoms with E-state index in [0.29, 0.717) is 17.7 Å². The fraction of sp³-hybridized carbons (Fsp3) is 0.609. The fourth-order valence-corrected chi connectivity index (χ4v) is 5.53. The Labute approximate surface area is 182 Å². The van der Waals surface area contributed by atoms with E-state index >= 15 is 0 Å². The van der Waals surface area contributed by atoms with Crippen LogP contribution in [0, 0.1) is 5.92 Å². The van der Waals surface area contributed by atoms with Crippen LogP contribution >= 0.6 is 11.8 Å². The number of benzene rings is 1. The third-order valence-corrected chi connectivity index (χ3v) is 7.19. The van der Waals surface area contributed by atoms with E-state index in [2.05, 4.69) is 12.2 Å². The first kappa shape index (κ1) is 21.2. The van der Waals surface area contributed by atoms with Crippen LogP contribution in [-0.2, 0) is 16.1 Å². The molecule has 2 amide bonds. The Morgan fingerprint density at radius 3 is 2.73 bits per heavy atom. The van der Waals surface area contributed by atoms with Gasteiger partial charge in [-0.3, -0.25) is 9.59 Å². The van der Waals surface area contributed by atoms with Crippen LogP contribution in [0.1, 0.15) is 51.9 Å². The van der Waals surface area contributed by atoms with Gasteiger partial charge in [-0.25, -0.2) is 4.98 Å². The van der Waals surface area contributed by atoms with Crippen LogP contribution < -0.4 is 5.32 Å². The molecule has 7 heteroatoms. The van der Waals surface area contributed by atoms with Crippen LogP contribution in [0.5, 0.6) is 0 Å². The van der Waals surface area contributed by atoms with E-state index in [4.69, 9.17) is 4.98 Å². The van der Waals surface area contributed by atoms with E-state index in [1.807, 2.05) is 33.7 Å². The maximum Gasteiger partial charge on any atom is 0.240 e. The molecule has 2 aromatic rings. The number of hydrogen-bond acceptors (Lipinski definition) is 4. The zero-order chi connectivity index (χ0) is 20.9. The van der Waals surface area contributed by atoms with E-state index in [0.717, 1.165) is 48.5 Å². The number of carbonyl (C=O) groups excluding carboxylic acids is 2. The molecule has 0 unspecified atom stereocenters. The average molecular weight is 429 g/mol. The normalized spacial score (nSPS) is 20.4. The molecule has 6 nitrogen and oxygen atoms in total. The van der Waals surface area contributed by atoms with Crippen molar-refractivity contribution < 1.29 is 9.59 Å². The molecule has 0 bridgehead atoms. The van der Waals surface area contributed by atoms with E-state index in [1.165, 1.54) is 37.4 Å². The zero-order valence-corrected chi connectivity index (χ0v) is 18.6. The number of amides is 2. The Bertz CT molecular complexity index is 890. The standard InChI is InChI=1S/C23H32N4O2S/c1-17-8-7-13-26(14-17)22(29)16-30-23-25-19-11-5-6-12-20(19)27(23)15-21(28)24-18-9-3-2-4-10-18/h5-6,11-12,17-18H,2-4,7-10,13-16H2,1H3,(H,24,28)/t17-/m1/s1. The molecule has 2 aliphatic rings. The molecule has 4 rings (SSSR count). The van der Waals surface area contributed by atoms with Gasteiger partial charge in [-0.1, -0.05) is 50.1 Å². The van der Waals surface area contributed by atoms with Gasteiger partial charge in [0.2, 0.25) is 11.8 Å². The van der Waals surface area contributed by atoms with Gasteiger partial charge in [0.1, 0.15) is 6.54 Å². The highest BCUT2D eigenvalue weighted by atomic mass is 32.2. The molecule has 1 N–H and O–H groups in total. The lowest BCUT2D eigenvalue weighted by atomic mass is 9.95. The number of nitrogens with one attached hydrogen (secondary N) is 1. The Morgan fingerprint density at radius 2 is 1.93 bits per heavy atom. The van der Waals surface area contributed by atoms with Crippen LogP contribution in [0.4, 0.5) is 0 Å². The molecule has 1 aromatic heterocycles. The molecule has 1 aromatic carbocycles. The summed E-state index contributed by atoms with van der Waals surface area (Å²) >= 11 is 1.44. The van der Waals surface area contributed by atoms with Crippen LogP contribution in [-0.4, -0.2) is 51.1 Å². The van der Waals surface area contributed by atoms with Crippen molar-refractivity contribution in [1.82, 2.24) is 19.8 Å². The molecule has 1 saturated carbocycles. The van der Waals surface area contributed by atoms with Gasteiger partial charge < -0.3 is 14.8 Å². The Hall–Kier alpha value is -2.02. The number of para-hydroxylation sites is 2. The molecule has 2 heterocycles. The van der Waals surface area contributed by atoms with E-state index in [9.17, 15) is 9.59 Å². The SMILES string of the molecule is C[C@@H]1CCCN(C(=O)CSc2nc3ccccc3n2CC(=O)NC2CCCCC2)C1. The van der Waals surface area contributed by atoms with Crippen molar-refractivity contribution in [3.8, 4) is 0 Å². The summed E-state index contributed by atoms with van der Waals surface area (Å²) in [5, 5.41) is 3.94. The predicted octanol–water partition coefficient (Wildman–Crippen LogP) is 3.84. The molecular formula is C23H32N4O2S. The highest BCUT2D eigenvalue weighted by Gasteiger charge is 2.23. The zero-order valence-electron chi connectivity index (χ0n) is 17.8. The molecule has 1 aliphatic carbocycles. The van der Waals surface area contributed by atoms with Gasteiger partial charge in [0.15, 0.2) is 5.16 Å². The van der Waals surface area contributed by atoms with Gasteiger partial charge in [-0.15, -0.1) is 0 Å². The number of fused-ring (bicyclic) bond motifs is 1. The van der Waals surface area contributed by atoms with Gasteiger partial charge >= 0.3 is 0 Å². The summed E-state index contributed by atoms with van der Waals surface area (Å²) in [7, 11) is 0. The molecule has 1 aliphatic heterocycles. The monoisotopic (exact) mass is 428 g/mol. The Kier molecular flexibility index (Phi) is 6.97. The van der Waals surface area contributed by atoms with Gasteiger partial charge in [0, 0.05) is 19.1 Å². The number of hydrogen-bond donors (Lipinski definition) is 1. The molecule has 2 fully saturated rings. The molecule has 0 spiro atoms. The van der Waals surface area contributed by atoms with Crippen molar-refractivity contribution in [3.05, 3.63) is 24.3 Å². The summed E-state index contributed by atoms with van der Waals surface area (Å²) in [6.07, 6.45) is 8.07. The highest BCUT2D eigenvalue weighted by molar-refractivity contribution is 7.99. The second-order valence-electron chi connectivity index (χ2n) is 8.75. The molecular weight excluding hydrogens is 396 g/mol. The fourth-order valence-electron chi connectivity index (χ4n) is 4.61. The first-order valence-electron chi connectivity index (χ1n) is 11.3. The summed E-state index contributed by atoms with van der Waals surface area (Å²) in [5.41, 5.74) is 1.81. The van der Waals surface area contributed by atoms with Crippen molar-refractivity contribution in [1.29, 1.82) is 0 Å². The minimum absolute atomic E-state index is 0.0306. The van der Waals surface area contributed by atoms with Gasteiger partial charge in [-0.05, 0) is 43.7 Å². The first-order chi connectivity index (χ1) is 14.6. The third-order valence-electron chi connectivity index (χ3n) is 6.23. The predicted molar refractivity (Wildman–Crippen MR) is 120 cm³/mol. The van der Waals surface area contributed by atoms with E-state index in [1.54, 1.807) is 0 Å². The summed E-state index contributed by atoms with van der Waals surface area (Å²) in [6, 6.07) is 8.17. The van der Waals surface area contributed by atoms with E-state index < -0.39 is 0 Å². The quantitative estimate of drug-likeness (QED) is 0.710. The number of rotatable bonds is 6. The van der Waals surface area contributed by atoms with Crippen LogP contribution in [0.25, 0.3) is 11.0 Å².